The van der Waals surface area contributed by atoms with Crippen LogP contribution in [0.25, 0.3) is 11.4 Å². The summed E-state index contributed by atoms with van der Waals surface area (Å²) in [6, 6.07) is 9.65. The number of nitrogens with one attached hydrogen (secondary N) is 1. The van der Waals surface area contributed by atoms with E-state index in [0.717, 1.165) is 36.8 Å². The molecule has 0 saturated carbocycles. The molecule has 4 rings (SSSR count). The first-order valence-electron chi connectivity index (χ1n) is 8.63. The van der Waals surface area contributed by atoms with Crippen molar-refractivity contribution in [2.75, 3.05) is 5.32 Å². The van der Waals surface area contributed by atoms with Gasteiger partial charge in [0.15, 0.2) is 0 Å². The molecule has 1 aliphatic rings. The molecule has 7 heteroatoms. The van der Waals surface area contributed by atoms with Crippen LogP contribution < -0.4 is 5.32 Å². The predicted molar refractivity (Wildman–Crippen MR) is 105 cm³/mol. The number of anilines is 1. The highest BCUT2D eigenvalue weighted by Crippen LogP contribution is 2.27. The summed E-state index contributed by atoms with van der Waals surface area (Å²) < 4.78 is 15.9. The maximum Gasteiger partial charge on any atom is 0.257 e. The average molecular weight is 404 g/mol. The lowest BCUT2D eigenvalue weighted by Gasteiger charge is -2.16. The number of hydrogen-bond donors (Lipinski definition) is 1. The predicted octanol–water partition coefficient (Wildman–Crippen LogP) is 5.58. The molecule has 0 aliphatic carbocycles. The van der Waals surface area contributed by atoms with E-state index < -0.39 is 11.7 Å². The summed E-state index contributed by atoms with van der Waals surface area (Å²) in [6.07, 6.45) is 5.34. The van der Waals surface area contributed by atoms with Gasteiger partial charge in [0.1, 0.15) is 11.6 Å². The summed E-state index contributed by atoms with van der Waals surface area (Å²) in [5, 5.41) is 2.70. The molecule has 0 bridgehead atoms. The second kappa shape index (κ2) is 7.33. The number of aromatic nitrogens is 2. The molecule has 138 valence electrons. The molecule has 0 fully saturated rings. The number of benzene rings is 2. The minimum Gasteiger partial charge on any atom is -0.328 e. The second-order valence-corrected chi connectivity index (χ2v) is 7.27. The van der Waals surface area contributed by atoms with Gasteiger partial charge in [0, 0.05) is 29.7 Å². The van der Waals surface area contributed by atoms with Crippen LogP contribution in [0.2, 0.25) is 10.0 Å². The summed E-state index contributed by atoms with van der Waals surface area (Å²) in [6.45, 7) is 0.976. The Balaban J connectivity index is 1.54. The fraction of sp³-hybridized carbons (Fsp3) is 0.200. The smallest absolute Gasteiger partial charge is 0.257 e. The summed E-state index contributed by atoms with van der Waals surface area (Å²) in [5.41, 5.74) is 2.86. The van der Waals surface area contributed by atoms with Crippen molar-refractivity contribution in [1.82, 2.24) is 9.55 Å². The minimum atomic E-state index is -0.689. The highest BCUT2D eigenvalue weighted by molar-refractivity contribution is 6.37. The van der Waals surface area contributed by atoms with Crippen LogP contribution in [0, 0.1) is 5.82 Å². The molecule has 0 unspecified atom stereocenters. The molecule has 4 nitrogen and oxygen atoms in total. The van der Waals surface area contributed by atoms with Crippen molar-refractivity contribution >= 4 is 34.8 Å². The number of amides is 1. The zero-order valence-corrected chi connectivity index (χ0v) is 15.8. The van der Waals surface area contributed by atoms with Gasteiger partial charge in [-0.05, 0) is 55.7 Å². The molecular weight excluding hydrogens is 388 g/mol. The highest BCUT2D eigenvalue weighted by Gasteiger charge is 2.16. The van der Waals surface area contributed by atoms with Crippen molar-refractivity contribution in [2.45, 2.75) is 25.8 Å². The van der Waals surface area contributed by atoms with Crippen molar-refractivity contribution in [3.63, 3.8) is 0 Å². The number of halogens is 3. The highest BCUT2D eigenvalue weighted by atomic mass is 35.5. The molecule has 0 atom stereocenters. The largest absolute Gasteiger partial charge is 0.328 e. The van der Waals surface area contributed by atoms with Crippen molar-refractivity contribution in [3.8, 4) is 11.4 Å². The van der Waals surface area contributed by atoms with Crippen molar-refractivity contribution in [2.24, 2.45) is 0 Å². The van der Waals surface area contributed by atoms with Gasteiger partial charge >= 0.3 is 0 Å². The Bertz CT molecular complexity index is 1010. The number of carbonyl (C=O) groups is 1. The first kappa shape index (κ1) is 18.0. The molecule has 1 N–H and O–H groups in total. The molecule has 0 spiro atoms. The lowest BCUT2D eigenvalue weighted by atomic mass is 10.1. The monoisotopic (exact) mass is 403 g/mol. The van der Waals surface area contributed by atoms with Crippen molar-refractivity contribution in [3.05, 3.63) is 69.7 Å². The van der Waals surface area contributed by atoms with Crippen LogP contribution in [0.4, 0.5) is 10.1 Å². The zero-order chi connectivity index (χ0) is 19.0. The first-order chi connectivity index (χ1) is 13.0. The third-order valence-electron chi connectivity index (χ3n) is 4.66. The Morgan fingerprint density at radius 3 is 2.67 bits per heavy atom. The van der Waals surface area contributed by atoms with Gasteiger partial charge in [0.25, 0.3) is 5.91 Å². The van der Waals surface area contributed by atoms with Crippen LogP contribution >= 0.6 is 23.2 Å². The number of aryl methyl sites for hydroxylation is 1. The van der Waals surface area contributed by atoms with E-state index >= 15 is 0 Å². The maximum atomic E-state index is 13.6. The van der Waals surface area contributed by atoms with E-state index in [-0.39, 0.29) is 15.6 Å². The van der Waals surface area contributed by atoms with Gasteiger partial charge in [-0.3, -0.25) is 4.79 Å². The normalized spacial score (nSPS) is 13.3. The Morgan fingerprint density at radius 1 is 1.11 bits per heavy atom. The van der Waals surface area contributed by atoms with Gasteiger partial charge in [-0.2, -0.15) is 0 Å². The van der Waals surface area contributed by atoms with E-state index in [2.05, 4.69) is 14.9 Å². The van der Waals surface area contributed by atoms with Gasteiger partial charge < -0.3 is 9.88 Å². The molecule has 27 heavy (non-hydrogen) atoms. The molecular formula is C20H16Cl2FN3O. The molecule has 1 aromatic heterocycles. The van der Waals surface area contributed by atoms with Crippen LogP contribution in [0.3, 0.4) is 0 Å². The maximum absolute atomic E-state index is 13.6. The standard InChI is InChI=1S/C20H16Cl2FN3O/c21-16-10-17(22)18(23)9-15(16)20(27)25-13-6-4-12(5-7-13)19-24-11-14-3-1-2-8-26(14)19/h4-7,9-11H,1-3,8H2,(H,25,27). The summed E-state index contributed by atoms with van der Waals surface area (Å²) in [7, 11) is 0. The number of fused-ring (bicyclic) bond motifs is 1. The van der Waals surface area contributed by atoms with Crippen molar-refractivity contribution in [1.29, 1.82) is 0 Å². The molecule has 0 radical (unpaired) electrons. The van der Waals surface area contributed by atoms with E-state index in [1.54, 1.807) is 12.1 Å². The zero-order valence-electron chi connectivity index (χ0n) is 14.3. The number of carbonyl (C=O) groups excluding carboxylic acids is 1. The van der Waals surface area contributed by atoms with Gasteiger partial charge in [0.2, 0.25) is 0 Å². The van der Waals surface area contributed by atoms with Crippen LogP contribution in [-0.2, 0) is 13.0 Å². The minimum absolute atomic E-state index is 0.0324. The van der Waals surface area contributed by atoms with Gasteiger partial charge in [-0.25, -0.2) is 9.37 Å². The Labute approximate surface area is 165 Å². The van der Waals surface area contributed by atoms with E-state index in [9.17, 15) is 9.18 Å². The molecule has 1 aliphatic heterocycles. The van der Waals surface area contributed by atoms with Crippen LogP contribution in [0.15, 0.2) is 42.6 Å². The fourth-order valence-corrected chi connectivity index (χ4v) is 3.73. The van der Waals surface area contributed by atoms with Crippen LogP contribution in [-0.4, -0.2) is 15.5 Å². The molecule has 2 heterocycles. The summed E-state index contributed by atoms with van der Waals surface area (Å²) in [4.78, 5) is 16.9. The van der Waals surface area contributed by atoms with Crippen LogP contribution in [0.1, 0.15) is 28.9 Å². The molecule has 0 saturated heterocycles. The van der Waals surface area contributed by atoms with Crippen molar-refractivity contribution < 1.29 is 9.18 Å². The number of rotatable bonds is 3. The number of hydrogen-bond acceptors (Lipinski definition) is 2. The van der Waals surface area contributed by atoms with E-state index in [1.165, 1.54) is 18.2 Å². The Hall–Kier alpha value is -2.37. The lowest BCUT2D eigenvalue weighted by molar-refractivity contribution is 0.102. The lowest BCUT2D eigenvalue weighted by Crippen LogP contribution is -2.13. The molecule has 2 aromatic carbocycles. The van der Waals surface area contributed by atoms with Gasteiger partial charge in [-0.1, -0.05) is 23.2 Å². The average Bonchev–Trinajstić information content (AvgIpc) is 3.09. The third-order valence-corrected chi connectivity index (χ3v) is 5.26. The quantitative estimate of drug-likeness (QED) is 0.579. The van der Waals surface area contributed by atoms with Crippen LogP contribution in [0.5, 0.6) is 0 Å². The van der Waals surface area contributed by atoms with E-state index in [1.807, 2.05) is 18.3 Å². The second-order valence-electron chi connectivity index (χ2n) is 6.46. The Morgan fingerprint density at radius 2 is 1.89 bits per heavy atom. The third kappa shape index (κ3) is 3.57. The number of nitrogens with zero attached hydrogens (tertiary/aromatic N) is 2. The van der Waals surface area contributed by atoms with Gasteiger partial charge in [0.05, 0.1) is 15.6 Å². The van der Waals surface area contributed by atoms with E-state index in [4.69, 9.17) is 23.2 Å². The number of imidazole rings is 1. The fourth-order valence-electron chi connectivity index (χ4n) is 3.26. The first-order valence-corrected chi connectivity index (χ1v) is 9.39. The van der Waals surface area contributed by atoms with E-state index in [0.29, 0.717) is 5.69 Å². The summed E-state index contributed by atoms with van der Waals surface area (Å²) >= 11 is 11.7. The molecule has 3 aromatic rings. The topological polar surface area (TPSA) is 46.9 Å². The SMILES string of the molecule is O=C(Nc1ccc(-c2ncc3n2CCCC3)cc1)c1cc(F)c(Cl)cc1Cl. The summed E-state index contributed by atoms with van der Waals surface area (Å²) in [5.74, 6) is -0.252. The Kier molecular flexibility index (Phi) is 4.89. The van der Waals surface area contributed by atoms with Gasteiger partial charge in [-0.15, -0.1) is 0 Å². The molecule has 1 amide bonds.